The molecule has 17 heavy (non-hydrogen) atoms. The quantitative estimate of drug-likeness (QED) is 0.764. The van der Waals surface area contributed by atoms with Crippen LogP contribution in [-0.4, -0.2) is 11.1 Å². The van der Waals surface area contributed by atoms with Gasteiger partial charge in [-0.2, -0.15) is 18.4 Å². The van der Waals surface area contributed by atoms with E-state index in [2.05, 4.69) is 0 Å². The van der Waals surface area contributed by atoms with E-state index in [-0.39, 0.29) is 0 Å². The van der Waals surface area contributed by atoms with E-state index in [1.807, 2.05) is 11.8 Å². The zero-order valence-corrected chi connectivity index (χ0v) is 8.17. The van der Waals surface area contributed by atoms with Crippen LogP contribution in [0.4, 0.5) is 13.2 Å². The van der Waals surface area contributed by atoms with Crippen molar-refractivity contribution in [3.05, 3.63) is 34.9 Å². The van der Waals surface area contributed by atoms with Gasteiger partial charge in [-0.05, 0) is 18.2 Å². The number of nitrogens with zero attached hydrogens (tertiary/aromatic N) is 1. The number of halogens is 3. The molecule has 0 spiro atoms. The Kier molecular flexibility index (Phi) is 3.40. The van der Waals surface area contributed by atoms with E-state index in [1.165, 1.54) is 6.07 Å². The molecule has 0 aliphatic heterocycles. The summed E-state index contributed by atoms with van der Waals surface area (Å²) in [6.07, 6.45) is -4.72. The molecule has 0 radical (unpaired) electrons. The molecule has 86 valence electrons. The summed E-state index contributed by atoms with van der Waals surface area (Å²) >= 11 is 0. The second-order valence-electron chi connectivity index (χ2n) is 2.93. The van der Waals surface area contributed by atoms with E-state index in [0.717, 1.165) is 12.1 Å². The summed E-state index contributed by atoms with van der Waals surface area (Å²) in [6.45, 7) is 0. The van der Waals surface area contributed by atoms with E-state index in [0.29, 0.717) is 6.07 Å². The molecule has 1 rings (SSSR count). The number of carbonyl (C=O) groups is 1. The molecule has 0 aromatic heterocycles. The van der Waals surface area contributed by atoms with Gasteiger partial charge in [0.15, 0.2) is 6.07 Å². The summed E-state index contributed by atoms with van der Waals surface area (Å²) in [5, 5.41) is 16.8. The minimum atomic E-state index is -4.72. The fourth-order valence-corrected chi connectivity index (χ4v) is 1.12. The molecule has 0 saturated heterocycles. The predicted octanol–water partition coefficient (Wildman–Crippen LogP) is 2.28. The molecule has 0 unspecified atom stereocenters. The van der Waals surface area contributed by atoms with Gasteiger partial charge in [-0.15, -0.1) is 0 Å². The SMILES string of the molecule is N#CC#Cc1ccc(C(=O)O)cc1C(F)(F)F. The lowest BCUT2D eigenvalue weighted by atomic mass is 10.0. The van der Waals surface area contributed by atoms with Crippen LogP contribution in [0, 0.1) is 23.2 Å². The molecule has 0 aliphatic rings. The average Bonchev–Trinajstić information content (AvgIpc) is 2.24. The van der Waals surface area contributed by atoms with Crippen LogP contribution in [0.25, 0.3) is 0 Å². The van der Waals surface area contributed by atoms with Crippen molar-refractivity contribution in [2.45, 2.75) is 6.18 Å². The van der Waals surface area contributed by atoms with Gasteiger partial charge in [0, 0.05) is 11.5 Å². The van der Waals surface area contributed by atoms with Crippen LogP contribution in [-0.2, 0) is 6.18 Å². The molecule has 0 amide bonds. The Labute approximate surface area is 94.1 Å². The summed E-state index contributed by atoms with van der Waals surface area (Å²) in [4.78, 5) is 10.5. The lowest BCUT2D eigenvalue weighted by Gasteiger charge is -2.09. The number of carboxylic acids is 1. The first-order valence-electron chi connectivity index (χ1n) is 4.21. The van der Waals surface area contributed by atoms with Crippen molar-refractivity contribution >= 4 is 5.97 Å². The minimum absolute atomic E-state index is 0.427. The lowest BCUT2D eigenvalue weighted by molar-refractivity contribution is -0.137. The van der Waals surface area contributed by atoms with Crippen molar-refractivity contribution in [2.75, 3.05) is 0 Å². The Morgan fingerprint density at radius 3 is 2.47 bits per heavy atom. The molecule has 3 nitrogen and oxygen atoms in total. The Bertz CT molecular complexity index is 559. The Morgan fingerprint density at radius 2 is 2.00 bits per heavy atom. The molecule has 0 atom stereocenters. The normalized spacial score (nSPS) is 10.0. The number of hydrogen-bond acceptors (Lipinski definition) is 2. The van der Waals surface area contributed by atoms with E-state index in [4.69, 9.17) is 10.4 Å². The predicted molar refractivity (Wildman–Crippen MR) is 50.9 cm³/mol. The van der Waals surface area contributed by atoms with Crippen molar-refractivity contribution in [3.8, 4) is 17.9 Å². The molecule has 0 bridgehead atoms. The Balaban J connectivity index is 3.43. The third-order valence-electron chi connectivity index (χ3n) is 1.82. The van der Waals surface area contributed by atoms with Gasteiger partial charge in [-0.25, -0.2) is 4.79 Å². The smallest absolute Gasteiger partial charge is 0.417 e. The first kappa shape index (κ1) is 12.6. The number of benzene rings is 1. The second-order valence-corrected chi connectivity index (χ2v) is 2.93. The summed E-state index contributed by atoms with van der Waals surface area (Å²) in [7, 11) is 0. The molecular weight excluding hydrogens is 235 g/mol. The summed E-state index contributed by atoms with van der Waals surface area (Å²) < 4.78 is 37.7. The Hall–Kier alpha value is -2.47. The lowest BCUT2D eigenvalue weighted by Crippen LogP contribution is -2.10. The van der Waals surface area contributed by atoms with E-state index < -0.39 is 28.8 Å². The highest BCUT2D eigenvalue weighted by Crippen LogP contribution is 2.32. The highest BCUT2D eigenvalue weighted by Gasteiger charge is 2.33. The van der Waals surface area contributed by atoms with Crippen molar-refractivity contribution in [2.24, 2.45) is 0 Å². The highest BCUT2D eigenvalue weighted by molar-refractivity contribution is 5.88. The van der Waals surface area contributed by atoms with Crippen molar-refractivity contribution in [3.63, 3.8) is 0 Å². The van der Waals surface area contributed by atoms with Gasteiger partial charge in [0.2, 0.25) is 0 Å². The van der Waals surface area contributed by atoms with Gasteiger partial charge in [0.25, 0.3) is 0 Å². The fraction of sp³-hybridized carbons (Fsp3) is 0.0909. The molecule has 6 heteroatoms. The number of alkyl halides is 3. The highest BCUT2D eigenvalue weighted by atomic mass is 19.4. The number of hydrogen-bond donors (Lipinski definition) is 1. The van der Waals surface area contributed by atoms with E-state index in [9.17, 15) is 18.0 Å². The maximum absolute atomic E-state index is 12.6. The van der Waals surface area contributed by atoms with Crippen molar-refractivity contribution in [1.82, 2.24) is 0 Å². The molecule has 0 fully saturated rings. The third kappa shape index (κ3) is 2.99. The Morgan fingerprint density at radius 1 is 1.35 bits per heavy atom. The van der Waals surface area contributed by atoms with Crippen LogP contribution >= 0.6 is 0 Å². The number of aromatic carboxylic acids is 1. The molecular formula is C11H4F3NO2. The van der Waals surface area contributed by atoms with Crippen LogP contribution in [0.15, 0.2) is 18.2 Å². The van der Waals surface area contributed by atoms with Crippen molar-refractivity contribution in [1.29, 1.82) is 5.26 Å². The fourth-order valence-electron chi connectivity index (χ4n) is 1.12. The van der Waals surface area contributed by atoms with Crippen molar-refractivity contribution < 1.29 is 23.1 Å². The van der Waals surface area contributed by atoms with Crippen LogP contribution in [0.1, 0.15) is 21.5 Å². The van der Waals surface area contributed by atoms with Gasteiger partial charge in [0.1, 0.15) is 0 Å². The largest absolute Gasteiger partial charge is 0.478 e. The molecule has 1 aromatic rings. The maximum atomic E-state index is 12.6. The summed E-state index contributed by atoms with van der Waals surface area (Å²) in [5.41, 5.74) is -2.08. The number of carboxylic acid groups (broad SMARTS) is 1. The first-order chi connectivity index (χ1) is 7.86. The second kappa shape index (κ2) is 4.58. The number of rotatable bonds is 1. The first-order valence-corrected chi connectivity index (χ1v) is 4.21. The minimum Gasteiger partial charge on any atom is -0.478 e. The zero-order chi connectivity index (χ0) is 13.1. The van der Waals surface area contributed by atoms with Crippen LogP contribution in [0.5, 0.6) is 0 Å². The standard InChI is InChI=1S/C11H4F3NO2/c12-11(13,14)9-6-8(10(16)17)4-3-7(9)2-1-5-15/h3-4,6H,(H,16,17). The summed E-state index contributed by atoms with van der Waals surface area (Å²) in [6, 6.07) is 3.80. The topological polar surface area (TPSA) is 61.1 Å². The third-order valence-corrected chi connectivity index (χ3v) is 1.82. The molecule has 0 heterocycles. The van der Waals surface area contributed by atoms with Gasteiger partial charge < -0.3 is 5.11 Å². The van der Waals surface area contributed by atoms with Crippen LogP contribution in [0.2, 0.25) is 0 Å². The molecule has 0 saturated carbocycles. The molecule has 1 aromatic carbocycles. The maximum Gasteiger partial charge on any atom is 0.417 e. The van der Waals surface area contributed by atoms with E-state index >= 15 is 0 Å². The summed E-state index contributed by atoms with van der Waals surface area (Å²) in [5.74, 6) is 2.38. The van der Waals surface area contributed by atoms with Gasteiger partial charge in [-0.1, -0.05) is 5.92 Å². The van der Waals surface area contributed by atoms with Crippen LogP contribution < -0.4 is 0 Å². The number of nitriles is 1. The van der Waals surface area contributed by atoms with Gasteiger partial charge in [0.05, 0.1) is 11.1 Å². The van der Waals surface area contributed by atoms with Gasteiger partial charge >= 0.3 is 12.1 Å². The zero-order valence-electron chi connectivity index (χ0n) is 8.17. The van der Waals surface area contributed by atoms with Gasteiger partial charge in [-0.3, -0.25) is 0 Å². The van der Waals surface area contributed by atoms with Crippen LogP contribution in [0.3, 0.4) is 0 Å². The van der Waals surface area contributed by atoms with E-state index in [1.54, 1.807) is 0 Å². The molecule has 1 N–H and O–H groups in total. The molecule has 0 aliphatic carbocycles. The monoisotopic (exact) mass is 239 g/mol. The average molecular weight is 239 g/mol.